The fourth-order valence-corrected chi connectivity index (χ4v) is 3.54. The van der Waals surface area contributed by atoms with Crippen molar-refractivity contribution < 1.29 is 0 Å². The third-order valence-electron chi connectivity index (χ3n) is 3.25. The molecule has 0 aliphatic heterocycles. The molecule has 72 valence electrons. The van der Waals surface area contributed by atoms with Crippen molar-refractivity contribution in [3.63, 3.8) is 0 Å². The van der Waals surface area contributed by atoms with Crippen molar-refractivity contribution >= 4 is 27.3 Å². The van der Waals surface area contributed by atoms with E-state index < -0.39 is 0 Å². The van der Waals surface area contributed by atoms with Crippen LogP contribution in [0.25, 0.3) is 0 Å². The zero-order valence-corrected chi connectivity index (χ0v) is 10.3. The monoisotopic (exact) mass is 259 g/mol. The molecule has 1 aromatic rings. The van der Waals surface area contributed by atoms with Crippen LogP contribution in [0.5, 0.6) is 0 Å². The van der Waals surface area contributed by atoms with Crippen molar-refractivity contribution in [3.8, 4) is 0 Å². The van der Waals surface area contributed by atoms with E-state index in [2.05, 4.69) is 41.2 Å². The van der Waals surface area contributed by atoms with Gasteiger partial charge in [-0.25, -0.2) is 0 Å². The van der Waals surface area contributed by atoms with E-state index in [-0.39, 0.29) is 0 Å². The van der Waals surface area contributed by atoms with Gasteiger partial charge in [0, 0.05) is 0 Å². The van der Waals surface area contributed by atoms with E-state index in [9.17, 15) is 0 Å². The van der Waals surface area contributed by atoms with Crippen LogP contribution in [-0.2, 0) is 0 Å². The summed E-state index contributed by atoms with van der Waals surface area (Å²) in [6, 6.07) is 2.23. The Balaban J connectivity index is 2.21. The first-order valence-corrected chi connectivity index (χ1v) is 6.18. The maximum Gasteiger partial charge on any atom is 0.0701 e. The third-order valence-corrected chi connectivity index (χ3v) is 4.77. The van der Waals surface area contributed by atoms with E-state index in [1.54, 1.807) is 11.3 Å². The smallest absolute Gasteiger partial charge is 0.0701 e. The van der Waals surface area contributed by atoms with Crippen molar-refractivity contribution in [1.82, 2.24) is 0 Å². The molecule has 1 nitrogen and oxygen atoms in total. The normalized spacial score (nSPS) is 30.5. The highest BCUT2D eigenvalue weighted by Crippen LogP contribution is 2.64. The van der Waals surface area contributed by atoms with Crippen LogP contribution < -0.4 is 5.73 Å². The first-order valence-electron chi connectivity index (χ1n) is 4.51. The number of thiophene rings is 1. The lowest BCUT2D eigenvalue weighted by molar-refractivity contribution is 0.559. The van der Waals surface area contributed by atoms with Gasteiger partial charge >= 0.3 is 0 Å². The van der Waals surface area contributed by atoms with Gasteiger partial charge < -0.3 is 5.73 Å². The van der Waals surface area contributed by atoms with Gasteiger partial charge in [0.05, 0.1) is 3.79 Å². The molecule has 13 heavy (non-hydrogen) atoms. The maximum atomic E-state index is 5.74. The van der Waals surface area contributed by atoms with E-state index in [1.807, 2.05) is 0 Å². The highest BCUT2D eigenvalue weighted by Gasteiger charge is 2.57. The van der Waals surface area contributed by atoms with Gasteiger partial charge in [-0.2, -0.15) is 0 Å². The molecular weight excluding hydrogens is 246 g/mol. The standard InChI is InChI=1S/C10H14BrNS/c1-10(2)7(4-12)9(10)6-3-8(11)13-5-6/h3,5,7,9H,4,12H2,1-2H3/t7-,9-/m0/s1. The Labute approximate surface area is 91.5 Å². The highest BCUT2D eigenvalue weighted by atomic mass is 79.9. The number of nitrogens with two attached hydrogens (primary N) is 1. The summed E-state index contributed by atoms with van der Waals surface area (Å²) < 4.78 is 1.22. The molecule has 0 unspecified atom stereocenters. The van der Waals surface area contributed by atoms with Crippen LogP contribution in [0, 0.1) is 11.3 Å². The predicted molar refractivity (Wildman–Crippen MR) is 61.1 cm³/mol. The van der Waals surface area contributed by atoms with Crippen LogP contribution >= 0.6 is 27.3 Å². The molecule has 0 saturated heterocycles. The van der Waals surface area contributed by atoms with Crippen molar-refractivity contribution in [1.29, 1.82) is 0 Å². The second-order valence-electron chi connectivity index (χ2n) is 4.33. The molecule has 2 atom stereocenters. The lowest BCUT2D eigenvalue weighted by atomic mass is 10.1. The summed E-state index contributed by atoms with van der Waals surface area (Å²) >= 11 is 5.26. The molecule has 1 heterocycles. The largest absolute Gasteiger partial charge is 0.330 e. The number of rotatable bonds is 2. The molecule has 2 N–H and O–H groups in total. The summed E-state index contributed by atoms with van der Waals surface area (Å²) in [5.41, 5.74) is 7.60. The van der Waals surface area contributed by atoms with Crippen molar-refractivity contribution in [2.45, 2.75) is 19.8 Å². The zero-order valence-electron chi connectivity index (χ0n) is 7.88. The molecule has 1 aliphatic carbocycles. The second-order valence-corrected chi connectivity index (χ2v) is 6.62. The summed E-state index contributed by atoms with van der Waals surface area (Å²) in [6.45, 7) is 5.42. The first-order chi connectivity index (χ1) is 6.07. The van der Waals surface area contributed by atoms with Crippen LogP contribution in [0.4, 0.5) is 0 Å². The summed E-state index contributed by atoms with van der Waals surface area (Å²) in [7, 11) is 0. The van der Waals surface area contributed by atoms with Gasteiger partial charge in [0.25, 0.3) is 0 Å². The fourth-order valence-electron chi connectivity index (χ4n) is 2.33. The van der Waals surface area contributed by atoms with Crippen LogP contribution in [0.15, 0.2) is 15.2 Å². The van der Waals surface area contributed by atoms with E-state index in [0.717, 1.165) is 6.54 Å². The summed E-state index contributed by atoms with van der Waals surface area (Å²) in [5, 5.41) is 2.24. The molecule has 3 heteroatoms. The van der Waals surface area contributed by atoms with Gasteiger partial charge in [0.15, 0.2) is 0 Å². The highest BCUT2D eigenvalue weighted by molar-refractivity contribution is 9.11. The molecule has 0 amide bonds. The van der Waals surface area contributed by atoms with Crippen molar-refractivity contribution in [3.05, 3.63) is 20.8 Å². The first kappa shape index (κ1) is 9.69. The number of halogens is 1. The van der Waals surface area contributed by atoms with Crippen LogP contribution in [0.2, 0.25) is 0 Å². The number of hydrogen-bond donors (Lipinski definition) is 1. The summed E-state index contributed by atoms with van der Waals surface area (Å²) in [4.78, 5) is 0. The average Bonchev–Trinajstić information content (AvgIpc) is 2.41. The molecule has 0 radical (unpaired) electrons. The molecule has 0 aromatic carbocycles. The Kier molecular flexibility index (Phi) is 2.29. The van der Waals surface area contributed by atoms with Crippen LogP contribution in [0.1, 0.15) is 25.3 Å². The molecule has 1 aliphatic rings. The predicted octanol–water partition coefficient (Wildman–Crippen LogP) is 3.21. The Morgan fingerprint density at radius 1 is 1.62 bits per heavy atom. The lowest BCUT2D eigenvalue weighted by Gasteiger charge is -1.98. The van der Waals surface area contributed by atoms with E-state index in [1.165, 1.54) is 9.35 Å². The van der Waals surface area contributed by atoms with Gasteiger partial charge in [-0.05, 0) is 56.7 Å². The zero-order chi connectivity index (χ0) is 9.64. The average molecular weight is 260 g/mol. The molecular formula is C10H14BrNS. The Morgan fingerprint density at radius 2 is 2.31 bits per heavy atom. The molecule has 1 saturated carbocycles. The minimum atomic E-state index is 0.412. The molecule has 0 bridgehead atoms. The number of hydrogen-bond acceptors (Lipinski definition) is 2. The van der Waals surface area contributed by atoms with Crippen molar-refractivity contribution in [2.24, 2.45) is 17.1 Å². The third kappa shape index (κ3) is 1.47. The Morgan fingerprint density at radius 3 is 2.69 bits per heavy atom. The second kappa shape index (κ2) is 3.07. The van der Waals surface area contributed by atoms with Crippen LogP contribution in [0.3, 0.4) is 0 Å². The van der Waals surface area contributed by atoms with E-state index in [0.29, 0.717) is 17.3 Å². The van der Waals surface area contributed by atoms with Crippen LogP contribution in [-0.4, -0.2) is 6.54 Å². The maximum absolute atomic E-state index is 5.74. The Hall–Kier alpha value is 0.140. The SMILES string of the molecule is CC1(C)[C@@H](CN)[C@@H]1c1csc(Br)c1. The van der Waals surface area contributed by atoms with Gasteiger partial charge in [-0.3, -0.25) is 0 Å². The van der Waals surface area contributed by atoms with E-state index >= 15 is 0 Å². The van der Waals surface area contributed by atoms with E-state index in [4.69, 9.17) is 5.73 Å². The molecule has 0 spiro atoms. The van der Waals surface area contributed by atoms with Gasteiger partial charge in [-0.1, -0.05) is 13.8 Å². The summed E-state index contributed by atoms with van der Waals surface area (Å²) in [5.74, 6) is 1.36. The Bertz CT molecular complexity index is 318. The topological polar surface area (TPSA) is 26.0 Å². The van der Waals surface area contributed by atoms with Gasteiger partial charge in [0.1, 0.15) is 0 Å². The lowest BCUT2D eigenvalue weighted by Crippen LogP contribution is -2.05. The molecule has 1 aromatic heterocycles. The minimum absolute atomic E-state index is 0.412. The molecule has 1 fully saturated rings. The minimum Gasteiger partial charge on any atom is -0.330 e. The van der Waals surface area contributed by atoms with Gasteiger partial charge in [0.2, 0.25) is 0 Å². The van der Waals surface area contributed by atoms with Crippen molar-refractivity contribution in [2.75, 3.05) is 6.54 Å². The molecule has 2 rings (SSSR count). The van der Waals surface area contributed by atoms with Gasteiger partial charge in [-0.15, -0.1) is 11.3 Å². The fraction of sp³-hybridized carbons (Fsp3) is 0.600. The quantitative estimate of drug-likeness (QED) is 0.868. The summed E-state index contributed by atoms with van der Waals surface area (Å²) in [6.07, 6.45) is 0.